The first-order valence-corrected chi connectivity index (χ1v) is 13.0. The van der Waals surface area contributed by atoms with Crippen LogP contribution < -0.4 is 14.2 Å². The Balaban J connectivity index is 1.80. The predicted octanol–water partition coefficient (Wildman–Crippen LogP) is 3.76. The van der Waals surface area contributed by atoms with Crippen LogP contribution in [-0.4, -0.2) is 65.7 Å². The maximum absolute atomic E-state index is 14.5. The SMILES string of the molecule is COc1cccc(OC)c1-n1c(NS(=O)(=O)C(C)C(OC)c2ncc(Cl)cn2)nnc1[C@@H]1CCC1(F)F. The Labute approximate surface area is 217 Å². The first-order chi connectivity index (χ1) is 17.5. The van der Waals surface area contributed by atoms with Gasteiger partial charge in [-0.2, -0.15) is 0 Å². The number of sulfonamides is 1. The third kappa shape index (κ3) is 5.05. The number of nitrogens with zero attached hydrogens (tertiary/aromatic N) is 5. The lowest BCUT2D eigenvalue weighted by molar-refractivity contribution is -0.0994. The van der Waals surface area contributed by atoms with Crippen LogP contribution in [0.3, 0.4) is 0 Å². The molecule has 3 aromatic rings. The highest BCUT2D eigenvalue weighted by Crippen LogP contribution is 2.51. The van der Waals surface area contributed by atoms with Gasteiger partial charge in [-0.1, -0.05) is 17.7 Å². The van der Waals surface area contributed by atoms with E-state index >= 15 is 0 Å². The van der Waals surface area contributed by atoms with Crippen molar-refractivity contribution in [1.29, 1.82) is 0 Å². The number of aromatic nitrogens is 5. The van der Waals surface area contributed by atoms with Crippen LogP contribution in [0.2, 0.25) is 5.02 Å². The van der Waals surface area contributed by atoms with Gasteiger partial charge in [0.15, 0.2) is 5.82 Å². The smallest absolute Gasteiger partial charge is 0.258 e. The van der Waals surface area contributed by atoms with Crippen LogP contribution in [0.4, 0.5) is 14.7 Å². The van der Waals surface area contributed by atoms with Crippen molar-refractivity contribution >= 4 is 27.6 Å². The van der Waals surface area contributed by atoms with Crippen LogP contribution >= 0.6 is 11.6 Å². The molecule has 0 aliphatic heterocycles. The van der Waals surface area contributed by atoms with Crippen molar-refractivity contribution in [2.24, 2.45) is 0 Å². The largest absolute Gasteiger partial charge is 0.494 e. The van der Waals surface area contributed by atoms with Crippen molar-refractivity contribution < 1.29 is 31.4 Å². The Kier molecular flexibility index (Phi) is 7.53. The molecule has 0 spiro atoms. The molecule has 37 heavy (non-hydrogen) atoms. The van der Waals surface area contributed by atoms with Crippen molar-refractivity contribution in [3.63, 3.8) is 0 Å². The van der Waals surface area contributed by atoms with Crippen molar-refractivity contribution in [1.82, 2.24) is 24.7 Å². The zero-order valence-electron chi connectivity index (χ0n) is 20.4. The molecule has 2 aromatic heterocycles. The fourth-order valence-electron chi connectivity index (χ4n) is 4.04. The predicted molar refractivity (Wildman–Crippen MR) is 130 cm³/mol. The van der Waals surface area contributed by atoms with Gasteiger partial charge in [-0.15, -0.1) is 10.2 Å². The van der Waals surface area contributed by atoms with Gasteiger partial charge in [0.2, 0.25) is 16.0 Å². The number of hydrogen-bond acceptors (Lipinski definition) is 9. The van der Waals surface area contributed by atoms with E-state index in [0.717, 1.165) is 0 Å². The van der Waals surface area contributed by atoms with E-state index < -0.39 is 33.2 Å². The lowest BCUT2D eigenvalue weighted by Gasteiger charge is -2.35. The average molecular weight is 559 g/mol. The number of nitrogens with one attached hydrogen (secondary N) is 1. The molecule has 0 bridgehead atoms. The summed E-state index contributed by atoms with van der Waals surface area (Å²) >= 11 is 5.84. The number of halogens is 3. The van der Waals surface area contributed by atoms with E-state index in [1.54, 1.807) is 18.2 Å². The molecule has 11 nitrogen and oxygen atoms in total. The summed E-state index contributed by atoms with van der Waals surface area (Å²) < 4.78 is 75.7. The number of methoxy groups -OCH3 is 3. The molecular formula is C22H25ClF2N6O5S. The van der Waals surface area contributed by atoms with Gasteiger partial charge in [0.05, 0.1) is 25.2 Å². The minimum atomic E-state index is -4.26. The standard InChI is InChI=1S/C22H25ClF2N6O5S/c1-12(18(36-4)19-26-10-13(23)11-27-19)37(32,33)30-21-29-28-20(14-8-9-22(14,24)25)31(21)17-15(34-2)6-5-7-16(17)35-3/h5-7,10-12,14,18H,8-9H2,1-4H3,(H,29,30)/t12?,14-,18?/m0/s1. The van der Waals surface area contributed by atoms with Crippen molar-refractivity contribution in [3.05, 3.63) is 47.3 Å². The second-order valence-electron chi connectivity index (χ2n) is 8.35. The molecule has 2 unspecified atom stereocenters. The summed E-state index contributed by atoms with van der Waals surface area (Å²) in [6.07, 6.45) is 1.38. The third-order valence-electron chi connectivity index (χ3n) is 6.20. The van der Waals surface area contributed by atoms with E-state index in [2.05, 4.69) is 24.9 Å². The Morgan fingerprint density at radius 3 is 2.24 bits per heavy atom. The minimum Gasteiger partial charge on any atom is -0.494 e. The van der Waals surface area contributed by atoms with E-state index in [-0.39, 0.29) is 52.6 Å². The Bertz CT molecular complexity index is 1350. The zero-order chi connectivity index (χ0) is 27.0. The lowest BCUT2D eigenvalue weighted by Crippen LogP contribution is -2.38. The first-order valence-electron chi connectivity index (χ1n) is 11.1. The van der Waals surface area contributed by atoms with Gasteiger partial charge in [-0.3, -0.25) is 9.29 Å². The van der Waals surface area contributed by atoms with Crippen LogP contribution in [0.5, 0.6) is 11.5 Å². The Morgan fingerprint density at radius 1 is 1.14 bits per heavy atom. The molecule has 1 N–H and O–H groups in total. The highest BCUT2D eigenvalue weighted by atomic mass is 35.5. The Hall–Kier alpha value is -3.10. The topological polar surface area (TPSA) is 130 Å². The summed E-state index contributed by atoms with van der Waals surface area (Å²) in [4.78, 5) is 8.11. The van der Waals surface area contributed by atoms with Gasteiger partial charge in [0.25, 0.3) is 5.92 Å². The normalized spacial score (nSPS) is 18.5. The van der Waals surface area contributed by atoms with E-state index in [1.807, 2.05) is 0 Å². The summed E-state index contributed by atoms with van der Waals surface area (Å²) in [5, 5.41) is 6.93. The number of rotatable bonds is 10. The van der Waals surface area contributed by atoms with E-state index in [4.69, 9.17) is 25.8 Å². The molecular weight excluding hydrogens is 534 g/mol. The van der Waals surface area contributed by atoms with Gasteiger partial charge in [0, 0.05) is 25.9 Å². The maximum atomic E-state index is 14.5. The van der Waals surface area contributed by atoms with Gasteiger partial charge < -0.3 is 14.2 Å². The number of ether oxygens (including phenoxy) is 3. The molecule has 200 valence electrons. The molecule has 1 aromatic carbocycles. The third-order valence-corrected chi connectivity index (χ3v) is 8.09. The van der Waals surface area contributed by atoms with Crippen LogP contribution in [0.1, 0.15) is 43.4 Å². The molecule has 0 radical (unpaired) electrons. The minimum absolute atomic E-state index is 0.0902. The average Bonchev–Trinajstić information content (AvgIpc) is 3.25. The second kappa shape index (κ2) is 10.3. The second-order valence-corrected chi connectivity index (χ2v) is 10.8. The highest BCUT2D eigenvalue weighted by Gasteiger charge is 2.52. The number of benzene rings is 1. The summed E-state index contributed by atoms with van der Waals surface area (Å²) in [6.45, 7) is 1.39. The number of anilines is 1. The lowest BCUT2D eigenvalue weighted by atomic mass is 9.80. The summed E-state index contributed by atoms with van der Waals surface area (Å²) in [5.74, 6) is -4.20. The molecule has 3 atom stereocenters. The molecule has 15 heteroatoms. The molecule has 0 amide bonds. The molecule has 4 rings (SSSR count). The molecule has 2 heterocycles. The number of para-hydroxylation sites is 1. The van der Waals surface area contributed by atoms with Crippen molar-refractivity contribution in [2.75, 3.05) is 26.1 Å². The zero-order valence-corrected chi connectivity index (χ0v) is 21.9. The quantitative estimate of drug-likeness (QED) is 0.395. The molecule has 1 aliphatic rings. The van der Waals surface area contributed by atoms with Crippen molar-refractivity contribution in [3.8, 4) is 17.2 Å². The van der Waals surface area contributed by atoms with Crippen molar-refractivity contribution in [2.45, 2.75) is 43.0 Å². The van der Waals surface area contributed by atoms with Crippen LogP contribution in [0.15, 0.2) is 30.6 Å². The molecule has 1 fully saturated rings. The van der Waals surface area contributed by atoms with Gasteiger partial charge >= 0.3 is 0 Å². The van der Waals surface area contributed by atoms with Gasteiger partial charge in [-0.05, 0) is 25.5 Å². The fourth-order valence-corrected chi connectivity index (χ4v) is 5.27. The Morgan fingerprint density at radius 2 is 1.76 bits per heavy atom. The monoisotopic (exact) mass is 558 g/mol. The summed E-state index contributed by atoms with van der Waals surface area (Å²) in [7, 11) is -0.169. The number of hydrogen-bond donors (Lipinski definition) is 1. The first kappa shape index (κ1) is 26.9. The van der Waals surface area contributed by atoms with Gasteiger partial charge in [-0.25, -0.2) is 27.2 Å². The van der Waals surface area contributed by atoms with Gasteiger partial charge in [0.1, 0.15) is 34.4 Å². The molecule has 1 aliphatic carbocycles. The molecule has 1 saturated carbocycles. The fraction of sp³-hybridized carbons (Fsp3) is 0.455. The van der Waals surface area contributed by atoms with Crippen LogP contribution in [0.25, 0.3) is 5.69 Å². The van der Waals surface area contributed by atoms with E-state index in [9.17, 15) is 17.2 Å². The summed E-state index contributed by atoms with van der Waals surface area (Å²) in [5.41, 5.74) is 0.171. The van der Waals surface area contributed by atoms with E-state index in [1.165, 1.54) is 45.2 Å². The maximum Gasteiger partial charge on any atom is 0.258 e. The number of alkyl halides is 2. The highest BCUT2D eigenvalue weighted by molar-refractivity contribution is 7.93. The van der Waals surface area contributed by atoms with E-state index in [0.29, 0.717) is 0 Å². The van der Waals surface area contributed by atoms with Crippen LogP contribution in [0, 0.1) is 0 Å². The van der Waals surface area contributed by atoms with Crippen LogP contribution in [-0.2, 0) is 14.8 Å². The summed E-state index contributed by atoms with van der Waals surface area (Å²) in [6, 6.07) is 4.81. The molecule has 0 saturated heterocycles.